The smallest absolute Gasteiger partial charge is 0.331 e. The van der Waals surface area contributed by atoms with Crippen LogP contribution in [0.5, 0.6) is 0 Å². The molecular weight excluding hydrogens is 147 g/mol. The first kappa shape index (κ1) is 9.88. The Morgan fingerprint density at radius 1 is 1.64 bits per heavy atom. The van der Waals surface area contributed by atoms with Gasteiger partial charge in [0, 0.05) is 5.57 Å². The van der Waals surface area contributed by atoms with Gasteiger partial charge >= 0.3 is 5.97 Å². The fourth-order valence-corrected chi connectivity index (χ4v) is 0.552. The average molecular weight is 158 g/mol. The van der Waals surface area contributed by atoms with Crippen LogP contribution in [0.25, 0.3) is 0 Å². The third-order valence-electron chi connectivity index (χ3n) is 1.53. The lowest BCUT2D eigenvalue weighted by Crippen LogP contribution is -2.06. The molecule has 1 N–H and O–H groups in total. The maximum absolute atomic E-state index is 12.7. The molecule has 0 aromatic rings. The number of carboxylic acid groups (broad SMARTS) is 1. The average Bonchev–Trinajstić information content (AvgIpc) is 2.00. The summed E-state index contributed by atoms with van der Waals surface area (Å²) in [6.07, 6.45) is -0.284. The molecule has 3 heteroatoms. The van der Waals surface area contributed by atoms with Crippen LogP contribution in [0.15, 0.2) is 23.8 Å². The van der Waals surface area contributed by atoms with Crippen LogP contribution in [0.1, 0.15) is 13.8 Å². The zero-order valence-corrected chi connectivity index (χ0v) is 6.60. The summed E-state index contributed by atoms with van der Waals surface area (Å²) >= 11 is 0. The van der Waals surface area contributed by atoms with Gasteiger partial charge in [0.2, 0.25) is 0 Å². The molecule has 1 atom stereocenters. The number of hydrogen-bond donors (Lipinski definition) is 1. The van der Waals surface area contributed by atoms with Gasteiger partial charge in [0.25, 0.3) is 0 Å². The number of aliphatic carboxylic acids is 1. The maximum Gasteiger partial charge on any atom is 0.331 e. The minimum absolute atomic E-state index is 0.0393. The SMILES string of the molecule is C=CC(F)C(C)=C(C)C(=O)O. The van der Waals surface area contributed by atoms with Crippen LogP contribution in [-0.2, 0) is 4.79 Å². The normalized spacial score (nSPS) is 15.2. The van der Waals surface area contributed by atoms with Crippen LogP contribution in [0.2, 0.25) is 0 Å². The summed E-state index contributed by atoms with van der Waals surface area (Å²) in [6, 6.07) is 0. The Bertz CT molecular complexity index is 206. The molecule has 0 rings (SSSR count). The first-order chi connectivity index (χ1) is 5.00. The fraction of sp³-hybridized carbons (Fsp3) is 0.375. The van der Waals surface area contributed by atoms with Gasteiger partial charge in [-0.3, -0.25) is 0 Å². The van der Waals surface area contributed by atoms with Crippen molar-refractivity contribution in [1.29, 1.82) is 0 Å². The van der Waals surface area contributed by atoms with Gasteiger partial charge in [-0.05, 0) is 19.4 Å². The molecule has 0 saturated heterocycles. The van der Waals surface area contributed by atoms with Gasteiger partial charge in [0.15, 0.2) is 0 Å². The Morgan fingerprint density at radius 3 is 2.36 bits per heavy atom. The monoisotopic (exact) mass is 158 g/mol. The van der Waals surface area contributed by atoms with Gasteiger partial charge in [-0.2, -0.15) is 0 Å². The van der Waals surface area contributed by atoms with Crippen LogP contribution in [-0.4, -0.2) is 17.2 Å². The highest BCUT2D eigenvalue weighted by atomic mass is 19.1. The van der Waals surface area contributed by atoms with E-state index >= 15 is 0 Å². The Labute approximate surface area is 65.0 Å². The fourth-order valence-electron chi connectivity index (χ4n) is 0.552. The summed E-state index contributed by atoms with van der Waals surface area (Å²) in [7, 11) is 0. The standard InChI is InChI=1S/C8H11FO2/c1-4-7(9)5(2)6(3)8(10)11/h4,7H,1H2,2-3H3,(H,10,11). The number of halogens is 1. The summed E-state index contributed by atoms with van der Waals surface area (Å²) in [6.45, 7) is 6.03. The molecule has 0 aromatic heterocycles. The van der Waals surface area contributed by atoms with Crippen molar-refractivity contribution in [1.82, 2.24) is 0 Å². The van der Waals surface area contributed by atoms with E-state index in [4.69, 9.17) is 5.11 Å². The van der Waals surface area contributed by atoms with E-state index in [0.29, 0.717) is 0 Å². The zero-order chi connectivity index (χ0) is 9.02. The Kier molecular flexibility index (Phi) is 3.51. The second kappa shape index (κ2) is 3.91. The predicted molar refractivity (Wildman–Crippen MR) is 41.1 cm³/mol. The molecule has 0 amide bonds. The van der Waals surface area contributed by atoms with Crippen LogP contribution in [0, 0.1) is 0 Å². The molecule has 0 aromatic carbocycles. The quantitative estimate of drug-likeness (QED) is 0.503. The largest absolute Gasteiger partial charge is 0.478 e. The van der Waals surface area contributed by atoms with Crippen molar-refractivity contribution < 1.29 is 14.3 Å². The number of hydrogen-bond acceptors (Lipinski definition) is 1. The lowest BCUT2D eigenvalue weighted by atomic mass is 10.1. The van der Waals surface area contributed by atoms with E-state index in [2.05, 4.69) is 6.58 Å². The van der Waals surface area contributed by atoms with Crippen molar-refractivity contribution in [2.45, 2.75) is 20.0 Å². The maximum atomic E-state index is 12.7. The van der Waals surface area contributed by atoms with E-state index < -0.39 is 12.1 Å². The molecule has 0 bridgehead atoms. The topological polar surface area (TPSA) is 37.3 Å². The van der Waals surface area contributed by atoms with E-state index in [1.54, 1.807) is 0 Å². The van der Waals surface area contributed by atoms with Crippen LogP contribution in [0.4, 0.5) is 4.39 Å². The molecule has 0 aliphatic carbocycles. The second-order valence-electron chi connectivity index (χ2n) is 2.25. The summed E-state index contributed by atoms with van der Waals surface area (Å²) in [5.74, 6) is -1.09. The summed E-state index contributed by atoms with van der Waals surface area (Å²) in [5.41, 5.74) is 0.241. The predicted octanol–water partition coefficient (Wildman–Crippen LogP) is 1.93. The van der Waals surface area contributed by atoms with Crippen LogP contribution < -0.4 is 0 Å². The Morgan fingerprint density at radius 2 is 2.09 bits per heavy atom. The minimum atomic E-state index is -1.36. The first-order valence-corrected chi connectivity index (χ1v) is 3.18. The third-order valence-corrected chi connectivity index (χ3v) is 1.53. The third kappa shape index (κ3) is 2.53. The van der Waals surface area contributed by atoms with Crippen LogP contribution in [0.3, 0.4) is 0 Å². The lowest BCUT2D eigenvalue weighted by molar-refractivity contribution is -0.132. The van der Waals surface area contributed by atoms with Gasteiger partial charge < -0.3 is 5.11 Å². The molecule has 0 spiro atoms. The van der Waals surface area contributed by atoms with Crippen molar-refractivity contribution in [2.75, 3.05) is 0 Å². The molecule has 11 heavy (non-hydrogen) atoms. The molecule has 62 valence electrons. The van der Waals surface area contributed by atoms with Crippen molar-refractivity contribution in [3.8, 4) is 0 Å². The lowest BCUT2D eigenvalue weighted by Gasteiger charge is -2.04. The molecule has 2 nitrogen and oxygen atoms in total. The van der Waals surface area contributed by atoms with Crippen LogP contribution >= 0.6 is 0 Å². The minimum Gasteiger partial charge on any atom is -0.478 e. The van der Waals surface area contributed by atoms with Gasteiger partial charge in [-0.25, -0.2) is 9.18 Å². The summed E-state index contributed by atoms with van der Waals surface area (Å²) in [5, 5.41) is 8.44. The molecule has 0 saturated carbocycles. The van der Waals surface area contributed by atoms with Crippen molar-refractivity contribution in [2.24, 2.45) is 0 Å². The van der Waals surface area contributed by atoms with Gasteiger partial charge in [0.05, 0.1) is 0 Å². The number of allylic oxidation sites excluding steroid dienone is 2. The number of rotatable bonds is 3. The molecular formula is C8H11FO2. The van der Waals surface area contributed by atoms with E-state index in [1.165, 1.54) is 13.8 Å². The van der Waals surface area contributed by atoms with E-state index in [0.717, 1.165) is 6.08 Å². The highest BCUT2D eigenvalue weighted by Gasteiger charge is 2.11. The summed E-state index contributed by atoms with van der Waals surface area (Å²) in [4.78, 5) is 10.3. The molecule has 0 aliphatic heterocycles. The number of alkyl halides is 1. The summed E-state index contributed by atoms with van der Waals surface area (Å²) < 4.78 is 12.7. The van der Waals surface area contributed by atoms with E-state index in [1.807, 2.05) is 0 Å². The molecule has 0 radical (unpaired) electrons. The first-order valence-electron chi connectivity index (χ1n) is 3.18. The van der Waals surface area contributed by atoms with Crippen molar-refractivity contribution in [3.63, 3.8) is 0 Å². The molecule has 0 aliphatic rings. The van der Waals surface area contributed by atoms with Crippen molar-refractivity contribution in [3.05, 3.63) is 23.8 Å². The van der Waals surface area contributed by atoms with E-state index in [9.17, 15) is 9.18 Å². The highest BCUT2D eigenvalue weighted by molar-refractivity contribution is 5.86. The van der Waals surface area contributed by atoms with Gasteiger partial charge in [-0.1, -0.05) is 12.7 Å². The Balaban J connectivity index is 4.64. The zero-order valence-electron chi connectivity index (χ0n) is 6.60. The molecule has 0 fully saturated rings. The number of carbonyl (C=O) groups is 1. The van der Waals surface area contributed by atoms with Gasteiger partial charge in [-0.15, -0.1) is 0 Å². The second-order valence-corrected chi connectivity index (χ2v) is 2.25. The molecule has 0 heterocycles. The highest BCUT2D eigenvalue weighted by Crippen LogP contribution is 2.12. The van der Waals surface area contributed by atoms with Crippen molar-refractivity contribution >= 4 is 5.97 Å². The van der Waals surface area contributed by atoms with Gasteiger partial charge in [0.1, 0.15) is 6.17 Å². The Hall–Kier alpha value is -1.12. The van der Waals surface area contributed by atoms with E-state index in [-0.39, 0.29) is 11.1 Å². The number of carboxylic acids is 1. The molecule has 1 unspecified atom stereocenters.